The van der Waals surface area contributed by atoms with Crippen molar-refractivity contribution in [2.45, 2.75) is 19.1 Å². The number of rotatable bonds is 9. The first-order valence-electron chi connectivity index (χ1n) is 6.57. The zero-order chi connectivity index (χ0) is 14.2. The molecule has 0 bridgehead atoms. The van der Waals surface area contributed by atoms with Crippen molar-refractivity contribution in [3.63, 3.8) is 0 Å². The van der Waals surface area contributed by atoms with E-state index in [1.54, 1.807) is 17.3 Å². The number of aliphatic hydroxyl groups is 1. The zero-order valence-corrected chi connectivity index (χ0v) is 11.5. The normalized spacial score (nSPS) is 12.7. The van der Waals surface area contributed by atoms with E-state index in [2.05, 4.69) is 15.4 Å². The second-order valence-corrected chi connectivity index (χ2v) is 4.54. The molecule has 0 radical (unpaired) electrons. The van der Waals surface area contributed by atoms with Crippen LogP contribution in [0, 0.1) is 0 Å². The first-order valence-corrected chi connectivity index (χ1v) is 6.57. The molecule has 0 aliphatic heterocycles. The van der Waals surface area contributed by atoms with Crippen molar-refractivity contribution in [1.82, 2.24) is 20.1 Å². The van der Waals surface area contributed by atoms with E-state index >= 15 is 0 Å². The quantitative estimate of drug-likeness (QED) is 0.635. The summed E-state index contributed by atoms with van der Waals surface area (Å²) in [5, 5.41) is 17.0. The summed E-state index contributed by atoms with van der Waals surface area (Å²) in [7, 11) is 1.84. The lowest BCUT2D eigenvalue weighted by Crippen LogP contribution is -2.31. The largest absolute Gasteiger partial charge is 0.467 e. The molecule has 7 nitrogen and oxygen atoms in total. The summed E-state index contributed by atoms with van der Waals surface area (Å²) in [5.74, 6) is 1.55. The van der Waals surface area contributed by atoms with Crippen LogP contribution in [0.2, 0.25) is 0 Å². The van der Waals surface area contributed by atoms with Gasteiger partial charge in [0.2, 0.25) is 0 Å². The topological polar surface area (TPSA) is 85.3 Å². The Morgan fingerprint density at radius 3 is 3.15 bits per heavy atom. The number of furan rings is 1. The molecule has 7 heteroatoms. The van der Waals surface area contributed by atoms with E-state index in [1.165, 1.54) is 0 Å². The minimum Gasteiger partial charge on any atom is -0.467 e. The highest BCUT2D eigenvalue weighted by molar-refractivity contribution is 4.96. The molecule has 0 saturated heterocycles. The lowest BCUT2D eigenvalue weighted by molar-refractivity contribution is 0.0228. The fourth-order valence-corrected chi connectivity index (χ4v) is 1.72. The van der Waals surface area contributed by atoms with Gasteiger partial charge < -0.3 is 19.6 Å². The van der Waals surface area contributed by atoms with Gasteiger partial charge >= 0.3 is 0 Å². The molecule has 0 spiro atoms. The first-order chi connectivity index (χ1) is 9.74. The Morgan fingerprint density at radius 2 is 2.45 bits per heavy atom. The van der Waals surface area contributed by atoms with Crippen LogP contribution in [-0.2, 0) is 24.8 Å². The highest BCUT2D eigenvalue weighted by atomic mass is 16.5. The molecule has 20 heavy (non-hydrogen) atoms. The summed E-state index contributed by atoms with van der Waals surface area (Å²) < 4.78 is 12.1. The van der Waals surface area contributed by atoms with Crippen LogP contribution < -0.4 is 5.32 Å². The van der Waals surface area contributed by atoms with Gasteiger partial charge in [-0.15, -0.1) is 0 Å². The molecule has 2 N–H and O–H groups in total. The van der Waals surface area contributed by atoms with Crippen LogP contribution in [-0.4, -0.2) is 45.7 Å². The standard InChI is InChI=1S/C13H20N4O3/c1-17-10-15-13(16-17)4-5-14-7-11(18)8-19-9-12-3-2-6-20-12/h2-3,6,10-11,14,18H,4-5,7-9H2,1H3. The average Bonchev–Trinajstić information content (AvgIpc) is 3.06. The van der Waals surface area contributed by atoms with Crippen LogP contribution in [0.15, 0.2) is 29.1 Å². The van der Waals surface area contributed by atoms with Crippen LogP contribution in [0.25, 0.3) is 0 Å². The van der Waals surface area contributed by atoms with Crippen molar-refractivity contribution in [1.29, 1.82) is 0 Å². The van der Waals surface area contributed by atoms with Gasteiger partial charge in [0.25, 0.3) is 0 Å². The summed E-state index contributed by atoms with van der Waals surface area (Å²) in [4.78, 5) is 4.12. The van der Waals surface area contributed by atoms with Gasteiger partial charge in [-0.2, -0.15) is 5.10 Å². The Bertz CT molecular complexity index is 484. The van der Waals surface area contributed by atoms with E-state index in [9.17, 15) is 5.11 Å². The molecule has 0 aromatic carbocycles. The number of ether oxygens (including phenoxy) is 1. The number of aliphatic hydroxyl groups excluding tert-OH is 1. The van der Waals surface area contributed by atoms with Crippen molar-refractivity contribution in [3.05, 3.63) is 36.3 Å². The molecule has 0 amide bonds. The molecule has 2 aromatic rings. The van der Waals surface area contributed by atoms with Crippen molar-refractivity contribution in [2.75, 3.05) is 19.7 Å². The van der Waals surface area contributed by atoms with Crippen LogP contribution >= 0.6 is 0 Å². The lowest BCUT2D eigenvalue weighted by atomic mass is 10.3. The van der Waals surface area contributed by atoms with E-state index in [0.717, 1.165) is 24.6 Å². The number of nitrogens with zero attached hydrogens (tertiary/aromatic N) is 3. The molecule has 0 aliphatic carbocycles. The number of aromatic nitrogens is 3. The predicted molar refractivity (Wildman–Crippen MR) is 71.9 cm³/mol. The molecule has 0 fully saturated rings. The van der Waals surface area contributed by atoms with Crippen molar-refractivity contribution < 1.29 is 14.3 Å². The van der Waals surface area contributed by atoms with Gasteiger partial charge in [-0.1, -0.05) is 0 Å². The Kier molecular flexibility index (Phi) is 5.72. The number of nitrogens with one attached hydrogen (secondary N) is 1. The van der Waals surface area contributed by atoms with Crippen LogP contribution in [0.4, 0.5) is 0 Å². The summed E-state index contributed by atoms with van der Waals surface area (Å²) in [6, 6.07) is 3.65. The highest BCUT2D eigenvalue weighted by Gasteiger charge is 2.05. The number of hydrogen-bond donors (Lipinski definition) is 2. The van der Waals surface area contributed by atoms with Gasteiger partial charge in [0.1, 0.15) is 18.7 Å². The SMILES string of the molecule is Cn1cnc(CCNCC(O)COCc2ccco2)n1. The average molecular weight is 280 g/mol. The number of aryl methyl sites for hydroxylation is 1. The van der Waals surface area contributed by atoms with E-state index in [-0.39, 0.29) is 6.61 Å². The Labute approximate surface area is 117 Å². The third-order valence-electron chi connectivity index (χ3n) is 2.69. The molecule has 0 aliphatic rings. The van der Waals surface area contributed by atoms with Gasteiger partial charge in [-0.3, -0.25) is 4.68 Å². The summed E-state index contributed by atoms with van der Waals surface area (Å²) >= 11 is 0. The van der Waals surface area contributed by atoms with E-state index in [1.807, 2.05) is 19.2 Å². The van der Waals surface area contributed by atoms with Crippen LogP contribution in [0.3, 0.4) is 0 Å². The molecular weight excluding hydrogens is 260 g/mol. The first kappa shape index (κ1) is 14.7. The van der Waals surface area contributed by atoms with Gasteiger partial charge in [0.15, 0.2) is 5.82 Å². The third kappa shape index (κ3) is 5.12. The fourth-order valence-electron chi connectivity index (χ4n) is 1.72. The predicted octanol–water partition coefficient (Wildman–Crippen LogP) is 0.118. The van der Waals surface area contributed by atoms with Crippen molar-refractivity contribution in [2.24, 2.45) is 7.05 Å². The van der Waals surface area contributed by atoms with Gasteiger partial charge in [-0.05, 0) is 12.1 Å². The third-order valence-corrected chi connectivity index (χ3v) is 2.69. The van der Waals surface area contributed by atoms with Crippen molar-refractivity contribution >= 4 is 0 Å². The van der Waals surface area contributed by atoms with E-state index < -0.39 is 6.10 Å². The second-order valence-electron chi connectivity index (χ2n) is 4.54. The number of hydrogen-bond acceptors (Lipinski definition) is 6. The molecule has 2 aromatic heterocycles. The lowest BCUT2D eigenvalue weighted by Gasteiger charge is -2.11. The molecule has 0 saturated carbocycles. The monoisotopic (exact) mass is 280 g/mol. The fraction of sp³-hybridized carbons (Fsp3) is 0.538. The Morgan fingerprint density at radius 1 is 1.55 bits per heavy atom. The summed E-state index contributed by atoms with van der Waals surface area (Å²) in [5.41, 5.74) is 0. The molecule has 2 rings (SSSR count). The minimum absolute atomic E-state index is 0.273. The smallest absolute Gasteiger partial charge is 0.151 e. The maximum absolute atomic E-state index is 9.73. The van der Waals surface area contributed by atoms with Gasteiger partial charge in [-0.25, -0.2) is 4.98 Å². The molecule has 1 unspecified atom stereocenters. The maximum atomic E-state index is 9.73. The molecular formula is C13H20N4O3. The second kappa shape index (κ2) is 7.78. The minimum atomic E-state index is -0.540. The van der Waals surface area contributed by atoms with Gasteiger partial charge in [0.05, 0.1) is 19.0 Å². The van der Waals surface area contributed by atoms with Crippen LogP contribution in [0.1, 0.15) is 11.6 Å². The summed E-state index contributed by atoms with van der Waals surface area (Å²) in [6.07, 6.45) is 3.47. The Hall–Kier alpha value is -1.70. The Balaban J connectivity index is 1.50. The summed E-state index contributed by atoms with van der Waals surface area (Å²) in [6.45, 7) is 1.85. The van der Waals surface area contributed by atoms with Crippen LogP contribution in [0.5, 0.6) is 0 Å². The van der Waals surface area contributed by atoms with Crippen molar-refractivity contribution in [3.8, 4) is 0 Å². The van der Waals surface area contributed by atoms with Gasteiger partial charge in [0, 0.05) is 26.6 Å². The highest BCUT2D eigenvalue weighted by Crippen LogP contribution is 2.01. The zero-order valence-electron chi connectivity index (χ0n) is 11.5. The molecule has 1 atom stereocenters. The maximum Gasteiger partial charge on any atom is 0.151 e. The van der Waals surface area contributed by atoms with E-state index in [4.69, 9.17) is 9.15 Å². The molecule has 110 valence electrons. The van der Waals surface area contributed by atoms with E-state index in [0.29, 0.717) is 13.2 Å². The molecule has 2 heterocycles.